The fourth-order valence-corrected chi connectivity index (χ4v) is 1.45. The molecule has 17 heavy (non-hydrogen) atoms. The summed E-state index contributed by atoms with van der Waals surface area (Å²) in [5.74, 6) is 0.712. The Hall–Kier alpha value is -2.31. The highest BCUT2D eigenvalue weighted by molar-refractivity contribution is 5.90. The van der Waals surface area contributed by atoms with E-state index in [1.54, 1.807) is 13.3 Å². The molecule has 7 nitrogen and oxygen atoms in total. The molecule has 2 rings (SSSR count). The number of carbonyl (C=O) groups excluding carboxylic acids is 1. The number of nitrogen functional groups attached to an aromatic ring is 1. The Balaban J connectivity index is 2.08. The number of aromatic amines is 1. The van der Waals surface area contributed by atoms with Gasteiger partial charge in [0.1, 0.15) is 5.76 Å². The van der Waals surface area contributed by atoms with Gasteiger partial charge >= 0.3 is 0 Å². The van der Waals surface area contributed by atoms with Crippen LogP contribution in [-0.2, 0) is 6.54 Å². The minimum Gasteiger partial charge on any atom is -0.469 e. The monoisotopic (exact) mass is 235 g/mol. The SMILES string of the molecule is Cc1occc1CN(C)C(=O)c1nc(N)n[nH]1. The maximum atomic E-state index is 11.9. The second kappa shape index (κ2) is 4.28. The lowest BCUT2D eigenvalue weighted by atomic mass is 10.2. The summed E-state index contributed by atoms with van der Waals surface area (Å²) < 4.78 is 5.16. The molecular formula is C10H13N5O2. The second-order valence-electron chi connectivity index (χ2n) is 3.71. The average Bonchev–Trinajstić information content (AvgIpc) is 2.88. The van der Waals surface area contributed by atoms with Gasteiger partial charge in [0.05, 0.1) is 6.26 Å². The normalized spacial score (nSPS) is 10.5. The number of nitrogens with zero attached hydrogens (tertiary/aromatic N) is 3. The van der Waals surface area contributed by atoms with E-state index in [1.165, 1.54) is 4.90 Å². The van der Waals surface area contributed by atoms with E-state index in [0.717, 1.165) is 11.3 Å². The van der Waals surface area contributed by atoms with Crippen molar-refractivity contribution in [2.45, 2.75) is 13.5 Å². The Labute approximate surface area is 97.6 Å². The first-order valence-electron chi connectivity index (χ1n) is 5.04. The highest BCUT2D eigenvalue weighted by atomic mass is 16.3. The molecule has 2 aromatic rings. The number of aromatic nitrogens is 3. The van der Waals surface area contributed by atoms with Gasteiger partial charge in [-0.15, -0.1) is 5.10 Å². The van der Waals surface area contributed by atoms with Crippen molar-refractivity contribution in [3.63, 3.8) is 0 Å². The molecule has 0 radical (unpaired) electrons. The molecule has 0 atom stereocenters. The highest BCUT2D eigenvalue weighted by Gasteiger charge is 2.17. The molecule has 1 amide bonds. The molecule has 0 unspecified atom stereocenters. The third-order valence-corrected chi connectivity index (χ3v) is 2.43. The summed E-state index contributed by atoms with van der Waals surface area (Å²) >= 11 is 0. The van der Waals surface area contributed by atoms with Gasteiger partial charge in [-0.25, -0.2) is 0 Å². The number of furan rings is 1. The van der Waals surface area contributed by atoms with E-state index in [-0.39, 0.29) is 17.7 Å². The van der Waals surface area contributed by atoms with Crippen molar-refractivity contribution in [2.24, 2.45) is 0 Å². The van der Waals surface area contributed by atoms with Crippen molar-refractivity contribution in [2.75, 3.05) is 12.8 Å². The minimum absolute atomic E-state index is 0.0567. The van der Waals surface area contributed by atoms with Crippen molar-refractivity contribution in [3.8, 4) is 0 Å². The summed E-state index contributed by atoms with van der Waals surface area (Å²) in [6.45, 7) is 2.29. The first-order chi connectivity index (χ1) is 8.08. The molecule has 0 fully saturated rings. The number of anilines is 1. The molecule has 0 aliphatic heterocycles. The molecule has 0 aromatic carbocycles. The van der Waals surface area contributed by atoms with Gasteiger partial charge in [0.15, 0.2) is 0 Å². The van der Waals surface area contributed by atoms with Crippen LogP contribution < -0.4 is 5.73 Å². The zero-order valence-electron chi connectivity index (χ0n) is 9.60. The van der Waals surface area contributed by atoms with Crippen LogP contribution in [-0.4, -0.2) is 33.0 Å². The second-order valence-corrected chi connectivity index (χ2v) is 3.71. The van der Waals surface area contributed by atoms with Crippen LogP contribution in [0.3, 0.4) is 0 Å². The summed E-state index contributed by atoms with van der Waals surface area (Å²) in [7, 11) is 1.67. The van der Waals surface area contributed by atoms with Crippen LogP contribution in [0.4, 0.5) is 5.95 Å². The Morgan fingerprint density at radius 2 is 2.41 bits per heavy atom. The maximum Gasteiger partial charge on any atom is 0.291 e. The molecule has 90 valence electrons. The quantitative estimate of drug-likeness (QED) is 0.809. The summed E-state index contributed by atoms with van der Waals surface area (Å²) in [6, 6.07) is 1.83. The van der Waals surface area contributed by atoms with Crippen molar-refractivity contribution in [1.29, 1.82) is 0 Å². The molecular weight excluding hydrogens is 222 g/mol. The standard InChI is InChI=1S/C10H13N5O2/c1-6-7(3-4-17-6)5-15(2)9(16)8-12-10(11)14-13-8/h3-4H,5H2,1-2H3,(H3,11,12,13,14). The number of hydrogen-bond acceptors (Lipinski definition) is 5. The summed E-state index contributed by atoms with van der Waals surface area (Å²) in [6.07, 6.45) is 1.59. The number of rotatable bonds is 3. The largest absolute Gasteiger partial charge is 0.469 e. The lowest BCUT2D eigenvalue weighted by Gasteiger charge is -2.14. The van der Waals surface area contributed by atoms with Gasteiger partial charge in [0.2, 0.25) is 11.8 Å². The maximum absolute atomic E-state index is 11.9. The van der Waals surface area contributed by atoms with Crippen LogP contribution in [0.25, 0.3) is 0 Å². The van der Waals surface area contributed by atoms with Crippen LogP contribution in [0, 0.1) is 6.92 Å². The summed E-state index contributed by atoms with van der Waals surface area (Å²) in [5, 5.41) is 6.09. The molecule has 0 aliphatic carbocycles. The van der Waals surface area contributed by atoms with E-state index in [9.17, 15) is 4.79 Å². The van der Waals surface area contributed by atoms with E-state index in [2.05, 4.69) is 15.2 Å². The van der Waals surface area contributed by atoms with Gasteiger partial charge in [-0.1, -0.05) is 0 Å². The average molecular weight is 235 g/mol. The topological polar surface area (TPSA) is 101 Å². The smallest absolute Gasteiger partial charge is 0.291 e. The van der Waals surface area contributed by atoms with Gasteiger partial charge in [-0.05, 0) is 13.0 Å². The van der Waals surface area contributed by atoms with Gasteiger partial charge < -0.3 is 15.1 Å². The highest BCUT2D eigenvalue weighted by Crippen LogP contribution is 2.12. The van der Waals surface area contributed by atoms with Crippen molar-refractivity contribution < 1.29 is 9.21 Å². The van der Waals surface area contributed by atoms with Gasteiger partial charge in [0, 0.05) is 19.2 Å². The number of amides is 1. The molecule has 0 bridgehead atoms. The molecule has 2 heterocycles. The minimum atomic E-state index is -0.269. The number of aryl methyl sites for hydroxylation is 1. The Morgan fingerprint density at radius 1 is 1.65 bits per heavy atom. The van der Waals surface area contributed by atoms with Crippen molar-refractivity contribution in [3.05, 3.63) is 29.5 Å². The summed E-state index contributed by atoms with van der Waals surface area (Å²) in [5.41, 5.74) is 6.29. The zero-order valence-corrected chi connectivity index (χ0v) is 9.60. The molecule has 7 heteroatoms. The Kier molecular flexibility index (Phi) is 2.82. The fourth-order valence-electron chi connectivity index (χ4n) is 1.45. The van der Waals surface area contributed by atoms with E-state index in [4.69, 9.17) is 10.2 Å². The fraction of sp³-hybridized carbons (Fsp3) is 0.300. The van der Waals surface area contributed by atoms with E-state index >= 15 is 0 Å². The molecule has 2 aromatic heterocycles. The van der Waals surface area contributed by atoms with Gasteiger partial charge in [-0.2, -0.15) is 4.98 Å². The van der Waals surface area contributed by atoms with Crippen LogP contribution >= 0.6 is 0 Å². The lowest BCUT2D eigenvalue weighted by molar-refractivity contribution is 0.0773. The first kappa shape index (κ1) is 11.2. The first-order valence-corrected chi connectivity index (χ1v) is 5.04. The Morgan fingerprint density at radius 3 is 2.94 bits per heavy atom. The number of nitrogens with two attached hydrogens (primary N) is 1. The molecule has 3 N–H and O–H groups in total. The van der Waals surface area contributed by atoms with Crippen molar-refractivity contribution >= 4 is 11.9 Å². The van der Waals surface area contributed by atoms with Crippen LogP contribution in [0.5, 0.6) is 0 Å². The predicted molar refractivity (Wildman–Crippen MR) is 60.0 cm³/mol. The van der Waals surface area contributed by atoms with Crippen molar-refractivity contribution in [1.82, 2.24) is 20.1 Å². The summed E-state index contributed by atoms with van der Waals surface area (Å²) in [4.78, 5) is 17.2. The predicted octanol–water partition coefficient (Wildman–Crippen LogP) is 0.561. The third kappa shape index (κ3) is 2.27. The van der Waals surface area contributed by atoms with Crippen LogP contribution in [0.1, 0.15) is 21.9 Å². The van der Waals surface area contributed by atoms with E-state index in [1.807, 2.05) is 13.0 Å². The van der Waals surface area contributed by atoms with E-state index < -0.39 is 0 Å². The molecule has 0 aliphatic rings. The van der Waals surface area contributed by atoms with Gasteiger partial charge in [0.25, 0.3) is 5.91 Å². The molecule has 0 spiro atoms. The Bertz CT molecular complexity index is 530. The third-order valence-electron chi connectivity index (χ3n) is 2.43. The van der Waals surface area contributed by atoms with Gasteiger partial charge in [-0.3, -0.25) is 9.89 Å². The van der Waals surface area contributed by atoms with Crippen LogP contribution in [0.15, 0.2) is 16.7 Å². The molecule has 0 saturated heterocycles. The number of hydrogen-bond donors (Lipinski definition) is 2. The lowest BCUT2D eigenvalue weighted by Crippen LogP contribution is -2.27. The van der Waals surface area contributed by atoms with E-state index in [0.29, 0.717) is 6.54 Å². The number of H-pyrrole nitrogens is 1. The zero-order chi connectivity index (χ0) is 12.4. The van der Waals surface area contributed by atoms with Crippen LogP contribution in [0.2, 0.25) is 0 Å². The molecule has 0 saturated carbocycles. The number of nitrogens with one attached hydrogen (secondary N) is 1. The number of carbonyl (C=O) groups is 1.